The van der Waals surface area contributed by atoms with Crippen molar-refractivity contribution in [1.82, 2.24) is 15.1 Å². The van der Waals surface area contributed by atoms with E-state index in [1.807, 2.05) is 6.20 Å². The lowest BCUT2D eigenvalue weighted by molar-refractivity contribution is 0.167. The van der Waals surface area contributed by atoms with Crippen LogP contribution in [-0.4, -0.2) is 28.2 Å². The quantitative estimate of drug-likeness (QED) is 0.653. The number of likely N-dealkylation sites (tertiary alicyclic amines) is 1. The number of hydrogen-bond donors (Lipinski definition) is 1. The third-order valence-electron chi connectivity index (χ3n) is 5.71. The van der Waals surface area contributed by atoms with Crippen molar-refractivity contribution in [3.63, 3.8) is 0 Å². The molecular weight excluding hydrogens is 330 g/mol. The molecule has 0 spiro atoms. The number of fused-ring (bicyclic) bond motifs is 1. The molecule has 1 N–H and O–H groups in total. The molecule has 0 bridgehead atoms. The summed E-state index contributed by atoms with van der Waals surface area (Å²) in [6.45, 7) is 8.08. The first-order chi connectivity index (χ1) is 13.2. The molecule has 2 heterocycles. The molecular formula is C24H31N3. The highest BCUT2D eigenvalue weighted by molar-refractivity contribution is 5.78. The van der Waals surface area contributed by atoms with E-state index in [0.29, 0.717) is 0 Å². The number of nitrogens with one attached hydrogen (secondary N) is 1. The summed E-state index contributed by atoms with van der Waals surface area (Å²) in [4.78, 5) is 2.64. The van der Waals surface area contributed by atoms with Crippen LogP contribution in [0.2, 0.25) is 0 Å². The van der Waals surface area contributed by atoms with Gasteiger partial charge in [0.15, 0.2) is 0 Å². The van der Waals surface area contributed by atoms with Gasteiger partial charge >= 0.3 is 0 Å². The molecule has 3 aromatic rings. The summed E-state index contributed by atoms with van der Waals surface area (Å²) >= 11 is 0. The van der Waals surface area contributed by atoms with Crippen LogP contribution in [0.1, 0.15) is 43.4 Å². The first kappa shape index (κ1) is 18.2. The minimum atomic E-state index is 0.722. The number of H-pyrrole nitrogens is 1. The lowest BCUT2D eigenvalue weighted by Gasteiger charge is -2.33. The van der Waals surface area contributed by atoms with Gasteiger partial charge < -0.3 is 0 Å². The molecule has 1 unspecified atom stereocenters. The topological polar surface area (TPSA) is 31.9 Å². The molecule has 0 radical (unpaired) electrons. The number of benzene rings is 2. The summed E-state index contributed by atoms with van der Waals surface area (Å²) in [7, 11) is 0. The molecule has 27 heavy (non-hydrogen) atoms. The molecule has 1 aromatic heterocycles. The fourth-order valence-electron chi connectivity index (χ4n) is 4.42. The Morgan fingerprint density at radius 3 is 2.67 bits per heavy atom. The number of hydrogen-bond acceptors (Lipinski definition) is 2. The molecule has 142 valence electrons. The number of rotatable bonds is 6. The van der Waals surface area contributed by atoms with Gasteiger partial charge in [0.25, 0.3) is 0 Å². The van der Waals surface area contributed by atoms with Gasteiger partial charge in [-0.15, -0.1) is 0 Å². The highest BCUT2D eigenvalue weighted by Gasteiger charge is 2.20. The van der Waals surface area contributed by atoms with Crippen LogP contribution in [0.5, 0.6) is 0 Å². The van der Waals surface area contributed by atoms with Crippen molar-refractivity contribution in [2.75, 3.05) is 13.1 Å². The van der Waals surface area contributed by atoms with E-state index in [1.54, 1.807) is 0 Å². The van der Waals surface area contributed by atoms with Gasteiger partial charge in [-0.25, -0.2) is 0 Å². The second-order valence-electron chi connectivity index (χ2n) is 8.65. The van der Waals surface area contributed by atoms with Crippen LogP contribution in [0, 0.1) is 11.8 Å². The zero-order valence-corrected chi connectivity index (χ0v) is 16.6. The molecule has 2 aromatic carbocycles. The van der Waals surface area contributed by atoms with Gasteiger partial charge in [0, 0.05) is 18.5 Å². The second kappa shape index (κ2) is 8.26. The van der Waals surface area contributed by atoms with Crippen LogP contribution >= 0.6 is 0 Å². The molecule has 3 heteroatoms. The fraction of sp³-hybridized carbons (Fsp3) is 0.458. The largest absolute Gasteiger partial charge is 0.299 e. The molecule has 1 aliphatic rings. The maximum atomic E-state index is 4.14. The van der Waals surface area contributed by atoms with Crippen molar-refractivity contribution in [3.05, 3.63) is 65.4 Å². The van der Waals surface area contributed by atoms with E-state index in [0.717, 1.165) is 23.9 Å². The summed E-state index contributed by atoms with van der Waals surface area (Å²) in [6, 6.07) is 16.0. The van der Waals surface area contributed by atoms with Crippen molar-refractivity contribution >= 4 is 10.9 Å². The first-order valence-electron chi connectivity index (χ1n) is 10.4. The summed E-state index contributed by atoms with van der Waals surface area (Å²) in [5, 5.41) is 8.40. The minimum absolute atomic E-state index is 0.722. The molecule has 1 saturated heterocycles. The summed E-state index contributed by atoms with van der Waals surface area (Å²) in [5.41, 5.74) is 5.47. The van der Waals surface area contributed by atoms with Crippen molar-refractivity contribution in [1.29, 1.82) is 0 Å². The van der Waals surface area contributed by atoms with Crippen molar-refractivity contribution in [2.45, 2.75) is 46.1 Å². The Hall–Kier alpha value is -2.13. The van der Waals surface area contributed by atoms with Crippen LogP contribution in [0.15, 0.2) is 48.7 Å². The summed E-state index contributed by atoms with van der Waals surface area (Å²) in [6.07, 6.45) is 6.92. The molecule has 3 nitrogen and oxygen atoms in total. The van der Waals surface area contributed by atoms with Gasteiger partial charge in [0.1, 0.15) is 0 Å². The summed E-state index contributed by atoms with van der Waals surface area (Å²) in [5.74, 6) is 1.48. The highest BCUT2D eigenvalue weighted by Crippen LogP contribution is 2.24. The van der Waals surface area contributed by atoms with Gasteiger partial charge in [0.2, 0.25) is 0 Å². The van der Waals surface area contributed by atoms with Crippen molar-refractivity contribution in [3.8, 4) is 0 Å². The Morgan fingerprint density at radius 2 is 1.85 bits per heavy atom. The number of nitrogens with zero attached hydrogens (tertiary/aromatic N) is 2. The molecule has 1 aliphatic heterocycles. The summed E-state index contributed by atoms with van der Waals surface area (Å²) < 4.78 is 0. The third kappa shape index (κ3) is 4.78. The lowest BCUT2D eigenvalue weighted by atomic mass is 9.90. The Bertz CT molecular complexity index is 863. The van der Waals surface area contributed by atoms with E-state index in [1.165, 1.54) is 60.8 Å². The van der Waals surface area contributed by atoms with Crippen LogP contribution in [-0.2, 0) is 19.4 Å². The maximum Gasteiger partial charge on any atom is 0.0650 e. The lowest BCUT2D eigenvalue weighted by Crippen LogP contribution is -2.35. The standard InChI is InChI=1S/C24H31N3/c1-18(2)12-19-5-7-20(8-6-19)16-27-11-3-4-22(17-27)13-21-9-10-24-23(14-21)15-25-26-24/h5-10,14-15,18,22H,3-4,11-13,16-17H2,1-2H3,(H,25,26). The molecule has 1 atom stereocenters. The normalized spacial score (nSPS) is 18.4. The highest BCUT2D eigenvalue weighted by atomic mass is 15.1. The molecule has 1 fully saturated rings. The van der Waals surface area contributed by atoms with E-state index >= 15 is 0 Å². The Balaban J connectivity index is 1.34. The van der Waals surface area contributed by atoms with Crippen LogP contribution in [0.4, 0.5) is 0 Å². The average molecular weight is 362 g/mol. The third-order valence-corrected chi connectivity index (χ3v) is 5.71. The number of aromatic nitrogens is 2. The predicted molar refractivity (Wildman–Crippen MR) is 113 cm³/mol. The zero-order chi connectivity index (χ0) is 18.6. The SMILES string of the molecule is CC(C)Cc1ccc(CN2CCCC(Cc3ccc4[nH]ncc4c3)C2)cc1. The Morgan fingerprint density at radius 1 is 1.07 bits per heavy atom. The van der Waals surface area contributed by atoms with Crippen LogP contribution in [0.3, 0.4) is 0 Å². The van der Waals surface area contributed by atoms with Crippen molar-refractivity contribution in [2.24, 2.45) is 11.8 Å². The smallest absolute Gasteiger partial charge is 0.0650 e. The predicted octanol–water partition coefficient (Wildman–Crippen LogP) is 5.22. The van der Waals surface area contributed by atoms with E-state index in [-0.39, 0.29) is 0 Å². The van der Waals surface area contributed by atoms with Gasteiger partial charge in [-0.05, 0) is 72.9 Å². The minimum Gasteiger partial charge on any atom is -0.299 e. The molecule has 0 saturated carbocycles. The zero-order valence-electron chi connectivity index (χ0n) is 16.6. The van der Waals surface area contributed by atoms with Gasteiger partial charge in [-0.2, -0.15) is 5.10 Å². The van der Waals surface area contributed by atoms with Gasteiger partial charge in [0.05, 0.1) is 11.7 Å². The molecule has 4 rings (SSSR count). The van der Waals surface area contributed by atoms with E-state index in [4.69, 9.17) is 0 Å². The van der Waals surface area contributed by atoms with Gasteiger partial charge in [-0.3, -0.25) is 10.00 Å². The van der Waals surface area contributed by atoms with E-state index in [9.17, 15) is 0 Å². The second-order valence-corrected chi connectivity index (χ2v) is 8.65. The Kier molecular flexibility index (Phi) is 5.58. The monoisotopic (exact) mass is 361 g/mol. The van der Waals surface area contributed by atoms with E-state index in [2.05, 4.69) is 71.4 Å². The number of piperidine rings is 1. The van der Waals surface area contributed by atoms with Crippen LogP contribution < -0.4 is 0 Å². The maximum absolute atomic E-state index is 4.14. The fourth-order valence-corrected chi connectivity index (χ4v) is 4.42. The van der Waals surface area contributed by atoms with Crippen LogP contribution in [0.25, 0.3) is 10.9 Å². The van der Waals surface area contributed by atoms with Crippen molar-refractivity contribution < 1.29 is 0 Å². The van der Waals surface area contributed by atoms with Gasteiger partial charge in [-0.1, -0.05) is 44.2 Å². The molecule has 0 aliphatic carbocycles. The average Bonchev–Trinajstić information content (AvgIpc) is 3.11. The Labute approximate surface area is 162 Å². The molecule has 0 amide bonds. The van der Waals surface area contributed by atoms with E-state index < -0.39 is 0 Å². The first-order valence-corrected chi connectivity index (χ1v) is 10.4. The number of aromatic amines is 1.